The van der Waals surface area contributed by atoms with E-state index < -0.39 is 0 Å². The molecule has 0 aromatic rings. The van der Waals surface area contributed by atoms with Crippen molar-refractivity contribution in [2.75, 3.05) is 19.7 Å². The van der Waals surface area contributed by atoms with Crippen LogP contribution in [0.25, 0.3) is 0 Å². The molecule has 0 atom stereocenters. The van der Waals surface area contributed by atoms with E-state index in [2.05, 4.69) is 13.8 Å². The lowest BCUT2D eigenvalue weighted by atomic mass is 9.82. The minimum atomic E-state index is 0.0782. The summed E-state index contributed by atoms with van der Waals surface area (Å²) in [6, 6.07) is 0. The van der Waals surface area contributed by atoms with Gasteiger partial charge in [-0.3, -0.25) is 4.79 Å². The Morgan fingerprint density at radius 2 is 1.88 bits per heavy atom. The van der Waals surface area contributed by atoms with Crippen LogP contribution in [0.1, 0.15) is 46.0 Å². The first kappa shape index (κ1) is 13.5. The summed E-state index contributed by atoms with van der Waals surface area (Å²) in [6.07, 6.45) is 5.39. The summed E-state index contributed by atoms with van der Waals surface area (Å²) in [5.74, 6) is 1.26. The van der Waals surface area contributed by atoms with Gasteiger partial charge in [-0.1, -0.05) is 13.8 Å². The number of carbonyl (C=O) groups is 1. The Labute approximate surface area is 98.8 Å². The molecule has 94 valence electrons. The van der Waals surface area contributed by atoms with Crippen LogP contribution in [-0.4, -0.2) is 35.6 Å². The second-order valence-corrected chi connectivity index (χ2v) is 5.01. The van der Waals surface area contributed by atoms with E-state index >= 15 is 0 Å². The summed E-state index contributed by atoms with van der Waals surface area (Å²) in [5, 5.41) is 8.96. The molecule has 1 fully saturated rings. The predicted octanol–water partition coefficient (Wildman–Crippen LogP) is 2.04. The van der Waals surface area contributed by atoms with Gasteiger partial charge in [0, 0.05) is 19.0 Å². The number of nitrogens with zero attached hydrogens (tertiary/aromatic N) is 1. The highest BCUT2D eigenvalue weighted by Crippen LogP contribution is 2.29. The van der Waals surface area contributed by atoms with Gasteiger partial charge in [-0.05, 0) is 38.0 Å². The molecule has 3 heteroatoms. The average molecular weight is 227 g/mol. The standard InChI is InChI=1S/C13H25NO2/c1-3-8-14(9-10-15)13(16)12-6-4-11(2)5-7-12/h11-12,15H,3-10H2,1-2H3. The Balaban J connectivity index is 2.46. The topological polar surface area (TPSA) is 40.5 Å². The highest BCUT2D eigenvalue weighted by atomic mass is 16.3. The van der Waals surface area contributed by atoms with E-state index in [1.54, 1.807) is 0 Å². The minimum Gasteiger partial charge on any atom is -0.395 e. The monoisotopic (exact) mass is 227 g/mol. The lowest BCUT2D eigenvalue weighted by molar-refractivity contribution is -0.137. The molecule has 0 bridgehead atoms. The van der Waals surface area contributed by atoms with Gasteiger partial charge in [0.25, 0.3) is 0 Å². The maximum Gasteiger partial charge on any atom is 0.225 e. The largest absolute Gasteiger partial charge is 0.395 e. The highest BCUT2D eigenvalue weighted by molar-refractivity contribution is 5.78. The molecular weight excluding hydrogens is 202 g/mol. The number of amides is 1. The van der Waals surface area contributed by atoms with E-state index in [9.17, 15) is 4.79 Å². The van der Waals surface area contributed by atoms with E-state index in [0.717, 1.165) is 31.7 Å². The van der Waals surface area contributed by atoms with Crippen LogP contribution in [0.3, 0.4) is 0 Å². The third kappa shape index (κ3) is 3.78. The fraction of sp³-hybridized carbons (Fsp3) is 0.923. The molecule has 1 amide bonds. The molecule has 0 radical (unpaired) electrons. The fourth-order valence-electron chi connectivity index (χ4n) is 2.49. The number of hydrogen-bond donors (Lipinski definition) is 1. The Morgan fingerprint density at radius 3 is 2.38 bits per heavy atom. The molecule has 0 spiro atoms. The van der Waals surface area contributed by atoms with E-state index in [0.29, 0.717) is 6.54 Å². The van der Waals surface area contributed by atoms with Crippen molar-refractivity contribution in [1.29, 1.82) is 0 Å². The van der Waals surface area contributed by atoms with Crippen LogP contribution < -0.4 is 0 Å². The van der Waals surface area contributed by atoms with Crippen LogP contribution in [0.4, 0.5) is 0 Å². The molecule has 0 aromatic carbocycles. The van der Waals surface area contributed by atoms with Crippen molar-refractivity contribution in [2.45, 2.75) is 46.0 Å². The molecule has 1 aliphatic carbocycles. The molecule has 1 saturated carbocycles. The van der Waals surface area contributed by atoms with Gasteiger partial charge in [-0.2, -0.15) is 0 Å². The van der Waals surface area contributed by atoms with Gasteiger partial charge < -0.3 is 10.0 Å². The average Bonchev–Trinajstić information content (AvgIpc) is 2.29. The zero-order valence-corrected chi connectivity index (χ0v) is 10.6. The Hall–Kier alpha value is -0.570. The highest BCUT2D eigenvalue weighted by Gasteiger charge is 2.27. The number of carbonyl (C=O) groups excluding carboxylic acids is 1. The number of rotatable bonds is 5. The molecule has 1 rings (SSSR count). The SMILES string of the molecule is CCCN(CCO)C(=O)C1CCC(C)CC1. The molecule has 0 aliphatic heterocycles. The second-order valence-electron chi connectivity index (χ2n) is 5.01. The van der Waals surface area contributed by atoms with Crippen molar-refractivity contribution in [1.82, 2.24) is 4.90 Å². The lowest BCUT2D eigenvalue weighted by Crippen LogP contribution is -2.39. The number of aliphatic hydroxyl groups is 1. The minimum absolute atomic E-state index is 0.0782. The lowest BCUT2D eigenvalue weighted by Gasteiger charge is -2.30. The van der Waals surface area contributed by atoms with Crippen molar-refractivity contribution in [3.05, 3.63) is 0 Å². The maximum absolute atomic E-state index is 12.2. The maximum atomic E-state index is 12.2. The zero-order valence-electron chi connectivity index (χ0n) is 10.6. The van der Waals surface area contributed by atoms with Gasteiger partial charge >= 0.3 is 0 Å². The summed E-state index contributed by atoms with van der Waals surface area (Å²) < 4.78 is 0. The van der Waals surface area contributed by atoms with Crippen molar-refractivity contribution < 1.29 is 9.90 Å². The first-order valence-electron chi connectivity index (χ1n) is 6.58. The van der Waals surface area contributed by atoms with Crippen molar-refractivity contribution in [3.8, 4) is 0 Å². The fourth-order valence-corrected chi connectivity index (χ4v) is 2.49. The molecule has 1 N–H and O–H groups in total. The molecule has 0 unspecified atom stereocenters. The van der Waals surface area contributed by atoms with Crippen LogP contribution >= 0.6 is 0 Å². The van der Waals surface area contributed by atoms with E-state index in [-0.39, 0.29) is 18.4 Å². The quantitative estimate of drug-likeness (QED) is 0.781. The van der Waals surface area contributed by atoms with E-state index in [1.807, 2.05) is 4.90 Å². The van der Waals surface area contributed by atoms with Gasteiger partial charge in [-0.15, -0.1) is 0 Å². The first-order chi connectivity index (χ1) is 7.69. The van der Waals surface area contributed by atoms with Crippen molar-refractivity contribution >= 4 is 5.91 Å². The first-order valence-corrected chi connectivity index (χ1v) is 6.58. The van der Waals surface area contributed by atoms with Crippen LogP contribution in [0.2, 0.25) is 0 Å². The summed E-state index contributed by atoms with van der Waals surface area (Å²) in [5.41, 5.74) is 0. The van der Waals surface area contributed by atoms with Crippen molar-refractivity contribution in [3.63, 3.8) is 0 Å². The van der Waals surface area contributed by atoms with E-state index in [4.69, 9.17) is 5.11 Å². The molecule has 0 saturated heterocycles. The van der Waals surface area contributed by atoms with Crippen LogP contribution in [0, 0.1) is 11.8 Å². The summed E-state index contributed by atoms with van der Waals surface area (Å²) in [6.45, 7) is 5.69. The van der Waals surface area contributed by atoms with Crippen LogP contribution in [0.15, 0.2) is 0 Å². The van der Waals surface area contributed by atoms with Gasteiger partial charge in [-0.25, -0.2) is 0 Å². The molecule has 16 heavy (non-hydrogen) atoms. The molecule has 0 heterocycles. The van der Waals surface area contributed by atoms with Gasteiger partial charge in [0.2, 0.25) is 5.91 Å². The Bertz CT molecular complexity index is 204. The van der Waals surface area contributed by atoms with Gasteiger partial charge in [0.05, 0.1) is 6.61 Å². The summed E-state index contributed by atoms with van der Waals surface area (Å²) in [4.78, 5) is 14.0. The van der Waals surface area contributed by atoms with E-state index in [1.165, 1.54) is 12.8 Å². The van der Waals surface area contributed by atoms with Crippen LogP contribution in [-0.2, 0) is 4.79 Å². The molecule has 3 nitrogen and oxygen atoms in total. The Morgan fingerprint density at radius 1 is 1.25 bits per heavy atom. The predicted molar refractivity (Wildman–Crippen MR) is 65.1 cm³/mol. The number of hydrogen-bond acceptors (Lipinski definition) is 2. The number of aliphatic hydroxyl groups excluding tert-OH is 1. The molecular formula is C13H25NO2. The summed E-state index contributed by atoms with van der Waals surface area (Å²) >= 11 is 0. The zero-order chi connectivity index (χ0) is 12.0. The Kier molecular flexibility index (Phi) is 5.81. The molecule has 1 aliphatic rings. The van der Waals surface area contributed by atoms with Gasteiger partial charge in [0.1, 0.15) is 0 Å². The third-order valence-corrected chi connectivity index (χ3v) is 3.54. The van der Waals surface area contributed by atoms with Gasteiger partial charge in [0.15, 0.2) is 0 Å². The summed E-state index contributed by atoms with van der Waals surface area (Å²) in [7, 11) is 0. The molecule has 0 aromatic heterocycles. The third-order valence-electron chi connectivity index (χ3n) is 3.54. The van der Waals surface area contributed by atoms with Crippen molar-refractivity contribution in [2.24, 2.45) is 11.8 Å². The van der Waals surface area contributed by atoms with Crippen LogP contribution in [0.5, 0.6) is 0 Å². The normalized spacial score (nSPS) is 25.4. The second kappa shape index (κ2) is 6.89. The smallest absolute Gasteiger partial charge is 0.225 e.